The SMILES string of the molecule is C=C(C)COc1c(F)cc(C=O)cc1F. The second-order valence-electron chi connectivity index (χ2n) is 3.18. The molecule has 1 aromatic rings. The van der Waals surface area contributed by atoms with E-state index in [4.69, 9.17) is 4.74 Å². The van der Waals surface area contributed by atoms with Crippen molar-refractivity contribution in [1.82, 2.24) is 0 Å². The van der Waals surface area contributed by atoms with Gasteiger partial charge in [-0.05, 0) is 24.6 Å². The molecular weight excluding hydrogens is 202 g/mol. The Balaban J connectivity index is 2.97. The first-order valence-electron chi connectivity index (χ1n) is 4.26. The molecule has 0 aromatic heterocycles. The molecule has 80 valence electrons. The Hall–Kier alpha value is -1.71. The van der Waals surface area contributed by atoms with Crippen LogP contribution in [-0.2, 0) is 0 Å². The maximum absolute atomic E-state index is 13.2. The molecule has 0 aliphatic rings. The van der Waals surface area contributed by atoms with Crippen LogP contribution < -0.4 is 4.74 Å². The van der Waals surface area contributed by atoms with Crippen LogP contribution in [0.4, 0.5) is 8.78 Å². The minimum absolute atomic E-state index is 0.0360. The smallest absolute Gasteiger partial charge is 0.191 e. The molecule has 0 aliphatic heterocycles. The van der Waals surface area contributed by atoms with Gasteiger partial charge in [-0.15, -0.1) is 0 Å². The zero-order valence-corrected chi connectivity index (χ0v) is 8.22. The van der Waals surface area contributed by atoms with Crippen molar-refractivity contribution in [3.63, 3.8) is 0 Å². The van der Waals surface area contributed by atoms with Crippen LogP contribution in [0.25, 0.3) is 0 Å². The molecule has 0 bridgehead atoms. The summed E-state index contributed by atoms with van der Waals surface area (Å²) in [5.41, 5.74) is 0.584. The Morgan fingerprint density at radius 1 is 1.47 bits per heavy atom. The van der Waals surface area contributed by atoms with Crippen LogP contribution in [0.15, 0.2) is 24.3 Å². The largest absolute Gasteiger partial charge is 0.483 e. The highest BCUT2D eigenvalue weighted by Gasteiger charge is 2.12. The fourth-order valence-electron chi connectivity index (χ4n) is 0.981. The number of rotatable bonds is 4. The first-order valence-corrected chi connectivity index (χ1v) is 4.26. The van der Waals surface area contributed by atoms with Gasteiger partial charge in [0.1, 0.15) is 12.9 Å². The van der Waals surface area contributed by atoms with E-state index in [1.165, 1.54) is 0 Å². The number of carbonyl (C=O) groups is 1. The Morgan fingerprint density at radius 2 is 2.00 bits per heavy atom. The van der Waals surface area contributed by atoms with Crippen molar-refractivity contribution in [3.05, 3.63) is 41.5 Å². The Bertz CT molecular complexity index is 377. The molecule has 0 amide bonds. The van der Waals surface area contributed by atoms with E-state index in [9.17, 15) is 13.6 Å². The predicted molar refractivity (Wildman–Crippen MR) is 52.1 cm³/mol. The first-order chi connectivity index (χ1) is 7.04. The number of hydrogen-bond donors (Lipinski definition) is 0. The van der Waals surface area contributed by atoms with Crippen molar-refractivity contribution in [2.45, 2.75) is 6.92 Å². The van der Waals surface area contributed by atoms with Gasteiger partial charge in [0, 0.05) is 5.56 Å². The van der Waals surface area contributed by atoms with E-state index >= 15 is 0 Å². The Kier molecular flexibility index (Phi) is 3.55. The average Bonchev–Trinajstić information content (AvgIpc) is 2.15. The van der Waals surface area contributed by atoms with Crippen LogP contribution >= 0.6 is 0 Å². The molecule has 0 aliphatic carbocycles. The van der Waals surface area contributed by atoms with Crippen LogP contribution in [0.1, 0.15) is 17.3 Å². The van der Waals surface area contributed by atoms with Gasteiger partial charge in [-0.1, -0.05) is 6.58 Å². The van der Waals surface area contributed by atoms with E-state index < -0.39 is 17.4 Å². The number of aldehydes is 1. The lowest BCUT2D eigenvalue weighted by Crippen LogP contribution is -2.02. The fourth-order valence-corrected chi connectivity index (χ4v) is 0.981. The summed E-state index contributed by atoms with van der Waals surface area (Å²) in [6.45, 7) is 5.25. The summed E-state index contributed by atoms with van der Waals surface area (Å²) in [5, 5.41) is 0. The molecule has 0 unspecified atom stereocenters. The average molecular weight is 212 g/mol. The van der Waals surface area contributed by atoms with E-state index in [2.05, 4.69) is 6.58 Å². The summed E-state index contributed by atoms with van der Waals surface area (Å²) in [5.74, 6) is -2.26. The predicted octanol–water partition coefficient (Wildman–Crippen LogP) is 2.73. The van der Waals surface area contributed by atoms with E-state index in [-0.39, 0.29) is 12.2 Å². The number of benzene rings is 1. The van der Waals surface area contributed by atoms with E-state index in [0.717, 1.165) is 12.1 Å². The number of hydrogen-bond acceptors (Lipinski definition) is 2. The van der Waals surface area contributed by atoms with Crippen LogP contribution in [0.2, 0.25) is 0 Å². The maximum Gasteiger partial charge on any atom is 0.191 e. The molecule has 0 heterocycles. The normalized spacial score (nSPS) is 9.80. The second kappa shape index (κ2) is 4.68. The molecule has 4 heteroatoms. The van der Waals surface area contributed by atoms with Gasteiger partial charge in [-0.25, -0.2) is 8.78 Å². The van der Waals surface area contributed by atoms with E-state index in [0.29, 0.717) is 11.9 Å². The highest BCUT2D eigenvalue weighted by molar-refractivity contribution is 5.75. The minimum Gasteiger partial charge on any atom is -0.483 e. The van der Waals surface area contributed by atoms with Gasteiger partial charge in [-0.2, -0.15) is 0 Å². The van der Waals surface area contributed by atoms with Crippen molar-refractivity contribution in [2.24, 2.45) is 0 Å². The molecule has 2 nitrogen and oxygen atoms in total. The molecule has 0 saturated carbocycles. The van der Waals surface area contributed by atoms with Gasteiger partial charge in [0.2, 0.25) is 0 Å². The maximum atomic E-state index is 13.2. The van der Waals surface area contributed by atoms with Gasteiger partial charge in [0.25, 0.3) is 0 Å². The van der Waals surface area contributed by atoms with Crippen molar-refractivity contribution in [1.29, 1.82) is 0 Å². The second-order valence-corrected chi connectivity index (χ2v) is 3.18. The molecule has 0 fully saturated rings. The highest BCUT2D eigenvalue weighted by Crippen LogP contribution is 2.23. The summed E-state index contributed by atoms with van der Waals surface area (Å²) >= 11 is 0. The zero-order valence-electron chi connectivity index (χ0n) is 8.22. The molecule has 0 saturated heterocycles. The summed E-state index contributed by atoms with van der Waals surface area (Å²) in [6, 6.07) is 1.84. The third-order valence-electron chi connectivity index (χ3n) is 1.62. The van der Waals surface area contributed by atoms with Gasteiger partial charge in [-0.3, -0.25) is 4.79 Å². The molecular formula is C11H10F2O2. The van der Waals surface area contributed by atoms with Gasteiger partial charge in [0.15, 0.2) is 17.4 Å². The fraction of sp³-hybridized carbons (Fsp3) is 0.182. The number of halogens is 2. The van der Waals surface area contributed by atoms with Crippen molar-refractivity contribution in [2.75, 3.05) is 6.61 Å². The molecule has 15 heavy (non-hydrogen) atoms. The summed E-state index contributed by atoms with van der Waals surface area (Å²) in [7, 11) is 0. The standard InChI is InChI=1S/C11H10F2O2/c1-7(2)6-15-11-9(12)3-8(5-14)4-10(11)13/h3-5H,1,6H2,2H3. The van der Waals surface area contributed by atoms with Gasteiger partial charge >= 0.3 is 0 Å². The quantitative estimate of drug-likeness (QED) is 0.566. The summed E-state index contributed by atoms with van der Waals surface area (Å²) < 4.78 is 31.3. The molecule has 0 atom stereocenters. The van der Waals surface area contributed by atoms with Crippen LogP contribution in [-0.4, -0.2) is 12.9 Å². The van der Waals surface area contributed by atoms with Crippen LogP contribution in [0.5, 0.6) is 5.75 Å². The van der Waals surface area contributed by atoms with E-state index in [1.54, 1.807) is 6.92 Å². The molecule has 0 spiro atoms. The lowest BCUT2D eigenvalue weighted by atomic mass is 10.2. The Morgan fingerprint density at radius 3 is 2.40 bits per heavy atom. The van der Waals surface area contributed by atoms with Gasteiger partial charge in [0.05, 0.1) is 0 Å². The number of carbonyl (C=O) groups excluding carboxylic acids is 1. The van der Waals surface area contributed by atoms with Crippen molar-refractivity contribution < 1.29 is 18.3 Å². The third kappa shape index (κ3) is 2.87. The topological polar surface area (TPSA) is 26.3 Å². The lowest BCUT2D eigenvalue weighted by Gasteiger charge is -2.08. The molecule has 1 aromatic carbocycles. The zero-order chi connectivity index (χ0) is 11.4. The molecule has 0 N–H and O–H groups in total. The molecule has 0 radical (unpaired) electrons. The lowest BCUT2D eigenvalue weighted by molar-refractivity contribution is 0.112. The van der Waals surface area contributed by atoms with Crippen molar-refractivity contribution in [3.8, 4) is 5.75 Å². The Labute approximate surface area is 86.2 Å². The minimum atomic E-state index is -0.890. The van der Waals surface area contributed by atoms with Crippen LogP contribution in [0, 0.1) is 11.6 Å². The third-order valence-corrected chi connectivity index (χ3v) is 1.62. The first kappa shape index (κ1) is 11.4. The van der Waals surface area contributed by atoms with Crippen molar-refractivity contribution >= 4 is 6.29 Å². The monoisotopic (exact) mass is 212 g/mol. The van der Waals surface area contributed by atoms with Gasteiger partial charge < -0.3 is 4.74 Å². The highest BCUT2D eigenvalue weighted by atomic mass is 19.1. The number of ether oxygens (including phenoxy) is 1. The summed E-state index contributed by atoms with van der Waals surface area (Å²) in [4.78, 5) is 10.3. The molecule has 1 rings (SSSR count). The summed E-state index contributed by atoms with van der Waals surface area (Å²) in [6.07, 6.45) is 0.370. The van der Waals surface area contributed by atoms with Crippen LogP contribution in [0.3, 0.4) is 0 Å². The van der Waals surface area contributed by atoms with E-state index in [1.807, 2.05) is 0 Å².